The fourth-order valence-electron chi connectivity index (χ4n) is 3.30. The largest absolute Gasteiger partial charge is 0.495 e. The van der Waals surface area contributed by atoms with Crippen molar-refractivity contribution in [3.63, 3.8) is 0 Å². The van der Waals surface area contributed by atoms with Crippen molar-refractivity contribution in [1.82, 2.24) is 4.31 Å². The highest BCUT2D eigenvalue weighted by Crippen LogP contribution is 2.31. The number of para-hydroxylation sites is 1. The van der Waals surface area contributed by atoms with E-state index >= 15 is 0 Å². The van der Waals surface area contributed by atoms with E-state index in [2.05, 4.69) is 5.32 Å². The van der Waals surface area contributed by atoms with Gasteiger partial charge in [-0.2, -0.15) is 4.31 Å². The number of sulfonamides is 1. The molecule has 3 rings (SSSR count). The van der Waals surface area contributed by atoms with Crippen LogP contribution in [0.1, 0.15) is 36.5 Å². The monoisotopic (exact) mass is 388 g/mol. The van der Waals surface area contributed by atoms with Crippen molar-refractivity contribution in [2.24, 2.45) is 0 Å². The van der Waals surface area contributed by atoms with Crippen molar-refractivity contribution in [1.29, 1.82) is 0 Å². The second-order valence-electron chi connectivity index (χ2n) is 6.65. The molecule has 1 aliphatic rings. The molecule has 1 aliphatic heterocycles. The van der Waals surface area contributed by atoms with E-state index in [0.29, 0.717) is 12.2 Å². The predicted octanol–water partition coefficient (Wildman–Crippen LogP) is 3.51. The first-order valence-corrected chi connectivity index (χ1v) is 10.4. The van der Waals surface area contributed by atoms with E-state index in [1.54, 1.807) is 18.2 Å². The summed E-state index contributed by atoms with van der Waals surface area (Å²) in [5.74, 6) is -0.129. The number of nitrogens with one attached hydrogen (secondary N) is 1. The second-order valence-corrected chi connectivity index (χ2v) is 8.51. The first kappa shape index (κ1) is 19.4. The van der Waals surface area contributed by atoms with E-state index in [1.165, 1.54) is 23.5 Å². The molecule has 7 heteroatoms. The molecule has 0 bridgehead atoms. The Morgan fingerprint density at radius 1 is 1.15 bits per heavy atom. The van der Waals surface area contributed by atoms with Gasteiger partial charge < -0.3 is 10.1 Å². The van der Waals surface area contributed by atoms with Gasteiger partial charge in [0.05, 0.1) is 7.11 Å². The van der Waals surface area contributed by atoms with Gasteiger partial charge in [-0.25, -0.2) is 8.42 Å². The lowest BCUT2D eigenvalue weighted by Crippen LogP contribution is -2.42. The topological polar surface area (TPSA) is 75.7 Å². The maximum absolute atomic E-state index is 13.2. The molecule has 1 N–H and O–H groups in total. The summed E-state index contributed by atoms with van der Waals surface area (Å²) in [6, 6.07) is 13.4. The van der Waals surface area contributed by atoms with Crippen LogP contribution in [0.25, 0.3) is 0 Å². The summed E-state index contributed by atoms with van der Waals surface area (Å²) in [6.45, 7) is 2.39. The van der Waals surface area contributed by atoms with Gasteiger partial charge in [0.2, 0.25) is 10.0 Å². The van der Waals surface area contributed by atoms with Gasteiger partial charge in [0.1, 0.15) is 10.6 Å². The van der Waals surface area contributed by atoms with Gasteiger partial charge >= 0.3 is 0 Å². The van der Waals surface area contributed by atoms with Crippen molar-refractivity contribution < 1.29 is 17.9 Å². The average Bonchev–Trinajstić information content (AvgIpc) is 2.68. The quantitative estimate of drug-likeness (QED) is 0.850. The lowest BCUT2D eigenvalue weighted by atomic mass is 10.1. The third kappa shape index (κ3) is 4.14. The summed E-state index contributed by atoms with van der Waals surface area (Å²) in [6.07, 6.45) is 2.68. The molecule has 0 aliphatic carbocycles. The number of piperidine rings is 1. The molecule has 1 heterocycles. The zero-order valence-electron chi connectivity index (χ0n) is 15.5. The molecule has 1 amide bonds. The molecule has 0 radical (unpaired) electrons. The molecule has 144 valence electrons. The molecular weight excluding hydrogens is 364 g/mol. The lowest BCUT2D eigenvalue weighted by molar-refractivity contribution is 0.102. The summed E-state index contributed by atoms with van der Waals surface area (Å²) < 4.78 is 33.2. The maximum Gasteiger partial charge on any atom is 0.255 e. The highest BCUT2D eigenvalue weighted by molar-refractivity contribution is 7.89. The zero-order valence-corrected chi connectivity index (χ0v) is 16.3. The number of methoxy groups -OCH3 is 1. The lowest BCUT2D eigenvalue weighted by Gasteiger charge is -2.32. The number of carbonyl (C=O) groups excluding carboxylic acids is 1. The van der Waals surface area contributed by atoms with Crippen LogP contribution in [-0.4, -0.2) is 38.3 Å². The van der Waals surface area contributed by atoms with Crippen molar-refractivity contribution in [3.8, 4) is 5.75 Å². The molecule has 0 unspecified atom stereocenters. The number of rotatable bonds is 5. The molecular formula is C20H24N2O4S. The van der Waals surface area contributed by atoms with Crippen LogP contribution in [0.3, 0.4) is 0 Å². The van der Waals surface area contributed by atoms with Gasteiger partial charge in [-0.15, -0.1) is 0 Å². The Kier molecular flexibility index (Phi) is 5.82. The van der Waals surface area contributed by atoms with Crippen LogP contribution < -0.4 is 10.1 Å². The zero-order chi connectivity index (χ0) is 19.4. The average molecular weight is 388 g/mol. The third-order valence-corrected chi connectivity index (χ3v) is 6.82. The molecule has 27 heavy (non-hydrogen) atoms. The minimum absolute atomic E-state index is 0.0273. The molecule has 6 nitrogen and oxygen atoms in total. The Morgan fingerprint density at radius 2 is 1.89 bits per heavy atom. The Morgan fingerprint density at radius 3 is 2.56 bits per heavy atom. The summed E-state index contributed by atoms with van der Waals surface area (Å²) in [5.41, 5.74) is 0.912. The number of nitrogens with zero attached hydrogens (tertiary/aromatic N) is 1. The molecule has 0 aromatic heterocycles. The highest BCUT2D eigenvalue weighted by Gasteiger charge is 2.33. The molecule has 0 spiro atoms. The number of carbonyl (C=O) groups is 1. The molecule has 2 aromatic rings. The molecule has 1 atom stereocenters. The van der Waals surface area contributed by atoms with E-state index in [9.17, 15) is 13.2 Å². The number of amides is 1. The summed E-state index contributed by atoms with van der Waals surface area (Å²) >= 11 is 0. The second kappa shape index (κ2) is 8.10. The predicted molar refractivity (Wildman–Crippen MR) is 105 cm³/mol. The van der Waals surface area contributed by atoms with Crippen molar-refractivity contribution >= 4 is 21.6 Å². The molecule has 1 saturated heterocycles. The SMILES string of the molecule is COc1ccc(C(=O)Nc2ccccc2)cc1S(=O)(=O)N1CCCC[C@@H]1C. The first-order valence-electron chi connectivity index (χ1n) is 9.00. The summed E-state index contributed by atoms with van der Waals surface area (Å²) in [5, 5.41) is 2.77. The van der Waals surface area contributed by atoms with Crippen LogP contribution in [-0.2, 0) is 10.0 Å². The Balaban J connectivity index is 1.95. The van der Waals surface area contributed by atoms with Crippen LogP contribution in [0.4, 0.5) is 5.69 Å². The first-order chi connectivity index (χ1) is 12.9. The third-order valence-electron chi connectivity index (χ3n) is 4.79. The summed E-state index contributed by atoms with van der Waals surface area (Å²) in [4.78, 5) is 12.6. The fourth-order valence-corrected chi connectivity index (χ4v) is 5.18. The standard InChI is InChI=1S/C20H24N2O4S/c1-15-8-6-7-13-22(15)27(24,25)19-14-16(11-12-18(19)26-2)20(23)21-17-9-4-3-5-10-17/h3-5,9-12,14-15H,6-8,13H2,1-2H3,(H,21,23)/t15-/m0/s1. The van der Waals surface area contributed by atoms with E-state index in [-0.39, 0.29) is 28.2 Å². The normalized spacial score (nSPS) is 18.1. The number of ether oxygens (including phenoxy) is 1. The van der Waals surface area contributed by atoms with Crippen LogP contribution in [0.2, 0.25) is 0 Å². The van der Waals surface area contributed by atoms with Gasteiger partial charge in [-0.1, -0.05) is 24.6 Å². The smallest absolute Gasteiger partial charge is 0.255 e. The van der Waals surface area contributed by atoms with Gasteiger partial charge in [0.25, 0.3) is 5.91 Å². The van der Waals surface area contributed by atoms with Crippen LogP contribution in [0.5, 0.6) is 5.75 Å². The Hall–Kier alpha value is -2.38. The molecule has 0 saturated carbocycles. The molecule has 1 fully saturated rings. The van der Waals surface area contributed by atoms with Crippen molar-refractivity contribution in [2.75, 3.05) is 19.0 Å². The minimum atomic E-state index is -3.75. The Bertz CT molecular complexity index is 913. The van der Waals surface area contributed by atoms with Crippen LogP contribution in [0, 0.1) is 0 Å². The maximum atomic E-state index is 13.2. The van der Waals surface area contributed by atoms with E-state index in [0.717, 1.165) is 19.3 Å². The van der Waals surface area contributed by atoms with Crippen LogP contribution >= 0.6 is 0 Å². The molecule has 2 aromatic carbocycles. The van der Waals surface area contributed by atoms with Gasteiger partial charge in [0, 0.05) is 23.8 Å². The fraction of sp³-hybridized carbons (Fsp3) is 0.350. The van der Waals surface area contributed by atoms with Gasteiger partial charge in [-0.05, 0) is 50.1 Å². The van der Waals surface area contributed by atoms with Crippen LogP contribution in [0.15, 0.2) is 53.4 Å². The van der Waals surface area contributed by atoms with E-state index < -0.39 is 10.0 Å². The Labute approximate surface area is 160 Å². The van der Waals surface area contributed by atoms with Crippen molar-refractivity contribution in [2.45, 2.75) is 37.1 Å². The number of hydrogen-bond acceptors (Lipinski definition) is 4. The number of anilines is 1. The van der Waals surface area contributed by atoms with Gasteiger partial charge in [0.15, 0.2) is 0 Å². The number of benzene rings is 2. The van der Waals surface area contributed by atoms with Gasteiger partial charge in [-0.3, -0.25) is 4.79 Å². The number of hydrogen-bond donors (Lipinski definition) is 1. The minimum Gasteiger partial charge on any atom is -0.495 e. The van der Waals surface area contributed by atoms with E-state index in [4.69, 9.17) is 4.74 Å². The summed E-state index contributed by atoms with van der Waals surface area (Å²) in [7, 11) is -2.33. The van der Waals surface area contributed by atoms with Crippen molar-refractivity contribution in [3.05, 3.63) is 54.1 Å². The highest BCUT2D eigenvalue weighted by atomic mass is 32.2. The van der Waals surface area contributed by atoms with E-state index in [1.807, 2.05) is 25.1 Å².